The van der Waals surface area contributed by atoms with E-state index >= 15 is 0 Å². The SMILES string of the molecule is O=C(COC(=O)[C@@H]1CCCN1S(=O)(=O)c1ccc(Cl)cc1)Nc1ccc2c(c1)CCC2. The molecule has 1 aliphatic carbocycles. The van der Waals surface area contributed by atoms with E-state index in [9.17, 15) is 18.0 Å². The Labute approximate surface area is 186 Å². The number of fused-ring (bicyclic) bond motifs is 1. The summed E-state index contributed by atoms with van der Waals surface area (Å²) in [6.07, 6.45) is 4.04. The summed E-state index contributed by atoms with van der Waals surface area (Å²) in [5.41, 5.74) is 3.19. The fraction of sp³-hybridized carbons (Fsp3) is 0.364. The van der Waals surface area contributed by atoms with Crippen LogP contribution in [0.4, 0.5) is 5.69 Å². The maximum absolute atomic E-state index is 12.9. The minimum absolute atomic E-state index is 0.0611. The van der Waals surface area contributed by atoms with Crippen LogP contribution in [-0.2, 0) is 37.2 Å². The van der Waals surface area contributed by atoms with Crippen molar-refractivity contribution in [2.24, 2.45) is 0 Å². The van der Waals surface area contributed by atoms with Crippen LogP contribution in [0.2, 0.25) is 5.02 Å². The molecule has 2 aromatic rings. The highest BCUT2D eigenvalue weighted by Gasteiger charge is 2.40. The van der Waals surface area contributed by atoms with E-state index in [1.807, 2.05) is 18.2 Å². The van der Waals surface area contributed by atoms with Gasteiger partial charge in [0.1, 0.15) is 6.04 Å². The van der Waals surface area contributed by atoms with Gasteiger partial charge in [-0.2, -0.15) is 4.31 Å². The Kier molecular flexibility index (Phi) is 6.31. The average molecular weight is 463 g/mol. The van der Waals surface area contributed by atoms with Crippen LogP contribution in [0, 0.1) is 0 Å². The fourth-order valence-electron chi connectivity index (χ4n) is 4.08. The number of nitrogens with one attached hydrogen (secondary N) is 1. The lowest BCUT2D eigenvalue weighted by molar-refractivity contribution is -0.150. The van der Waals surface area contributed by atoms with Crippen LogP contribution in [0.5, 0.6) is 0 Å². The molecule has 1 N–H and O–H groups in total. The van der Waals surface area contributed by atoms with E-state index in [1.165, 1.54) is 35.4 Å². The zero-order valence-corrected chi connectivity index (χ0v) is 18.4. The van der Waals surface area contributed by atoms with Crippen molar-refractivity contribution in [3.8, 4) is 0 Å². The number of hydrogen-bond acceptors (Lipinski definition) is 5. The summed E-state index contributed by atoms with van der Waals surface area (Å²) in [5, 5.41) is 3.15. The number of ether oxygens (including phenoxy) is 1. The van der Waals surface area contributed by atoms with Crippen molar-refractivity contribution in [2.75, 3.05) is 18.5 Å². The number of anilines is 1. The Hall–Kier alpha value is -2.42. The van der Waals surface area contributed by atoms with E-state index in [4.69, 9.17) is 16.3 Å². The normalized spacial score (nSPS) is 18.5. The minimum Gasteiger partial charge on any atom is -0.454 e. The first-order valence-electron chi connectivity index (χ1n) is 10.2. The van der Waals surface area contributed by atoms with Gasteiger partial charge in [0.15, 0.2) is 6.61 Å². The molecule has 1 saturated heterocycles. The third-order valence-corrected chi connectivity index (χ3v) is 7.80. The molecule has 7 nitrogen and oxygen atoms in total. The second-order valence-electron chi connectivity index (χ2n) is 7.72. The summed E-state index contributed by atoms with van der Waals surface area (Å²) in [7, 11) is -3.87. The first-order valence-corrected chi connectivity index (χ1v) is 12.0. The van der Waals surface area contributed by atoms with Crippen LogP contribution in [0.1, 0.15) is 30.4 Å². The molecular formula is C22H23ClN2O5S. The predicted molar refractivity (Wildman–Crippen MR) is 116 cm³/mol. The molecule has 1 atom stereocenters. The number of rotatable bonds is 6. The minimum atomic E-state index is -3.87. The van der Waals surface area contributed by atoms with Gasteiger partial charge in [0.25, 0.3) is 5.91 Å². The first kappa shape index (κ1) is 21.8. The number of halogens is 1. The highest BCUT2D eigenvalue weighted by molar-refractivity contribution is 7.89. The van der Waals surface area contributed by atoms with Crippen LogP contribution in [0.25, 0.3) is 0 Å². The summed E-state index contributed by atoms with van der Waals surface area (Å²) in [4.78, 5) is 24.9. The van der Waals surface area contributed by atoms with Crippen LogP contribution >= 0.6 is 11.6 Å². The molecule has 4 rings (SSSR count). The number of amides is 1. The number of sulfonamides is 1. The smallest absolute Gasteiger partial charge is 0.324 e. The van der Waals surface area contributed by atoms with Gasteiger partial charge in [-0.25, -0.2) is 8.42 Å². The van der Waals surface area contributed by atoms with Gasteiger partial charge in [-0.15, -0.1) is 0 Å². The summed E-state index contributed by atoms with van der Waals surface area (Å²) < 4.78 is 32.1. The molecule has 9 heteroatoms. The number of carbonyl (C=O) groups excluding carboxylic acids is 2. The summed E-state index contributed by atoms with van der Waals surface area (Å²) in [6.45, 7) is -0.257. The second kappa shape index (κ2) is 8.98. The molecular weight excluding hydrogens is 440 g/mol. The highest BCUT2D eigenvalue weighted by Crippen LogP contribution is 2.28. The Balaban J connectivity index is 1.36. The topological polar surface area (TPSA) is 92.8 Å². The summed E-state index contributed by atoms with van der Waals surface area (Å²) in [6, 6.07) is 10.6. The molecule has 0 radical (unpaired) electrons. The monoisotopic (exact) mass is 462 g/mol. The summed E-state index contributed by atoms with van der Waals surface area (Å²) >= 11 is 5.84. The van der Waals surface area contributed by atoms with Crippen molar-refractivity contribution < 1.29 is 22.7 Å². The van der Waals surface area contributed by atoms with Gasteiger partial charge in [-0.1, -0.05) is 17.7 Å². The van der Waals surface area contributed by atoms with E-state index in [-0.39, 0.29) is 11.4 Å². The molecule has 1 amide bonds. The van der Waals surface area contributed by atoms with Crippen LogP contribution in [0.15, 0.2) is 47.4 Å². The molecule has 1 aliphatic heterocycles. The number of nitrogens with zero attached hydrogens (tertiary/aromatic N) is 1. The lowest BCUT2D eigenvalue weighted by Gasteiger charge is -2.22. The third kappa shape index (κ3) is 4.76. The molecule has 1 heterocycles. The van der Waals surface area contributed by atoms with Crippen molar-refractivity contribution in [1.29, 1.82) is 0 Å². The number of hydrogen-bond donors (Lipinski definition) is 1. The largest absolute Gasteiger partial charge is 0.454 e. The Bertz CT molecular complexity index is 1100. The molecule has 164 valence electrons. The van der Waals surface area contributed by atoms with Crippen molar-refractivity contribution in [2.45, 2.75) is 43.0 Å². The molecule has 1 fully saturated rings. The predicted octanol–water partition coefficient (Wildman–Crippen LogP) is 3.16. The maximum atomic E-state index is 12.9. The van der Waals surface area contributed by atoms with E-state index in [0.29, 0.717) is 23.6 Å². The Morgan fingerprint density at radius 1 is 1.06 bits per heavy atom. The standard InChI is InChI=1S/C22H23ClN2O5S/c23-17-7-10-19(11-8-17)31(28,29)25-12-2-5-20(25)22(27)30-14-21(26)24-18-9-6-15-3-1-4-16(15)13-18/h6-11,13,20H,1-5,12,14H2,(H,24,26)/t20-/m0/s1. The van der Waals surface area contributed by atoms with Gasteiger partial charge in [0, 0.05) is 17.3 Å². The van der Waals surface area contributed by atoms with E-state index in [2.05, 4.69) is 5.32 Å². The van der Waals surface area contributed by atoms with Gasteiger partial charge >= 0.3 is 5.97 Å². The van der Waals surface area contributed by atoms with Crippen LogP contribution in [0.3, 0.4) is 0 Å². The molecule has 0 saturated carbocycles. The van der Waals surface area contributed by atoms with Crippen molar-refractivity contribution in [1.82, 2.24) is 4.31 Å². The molecule has 2 aromatic carbocycles. The molecule has 31 heavy (non-hydrogen) atoms. The van der Waals surface area contributed by atoms with E-state index in [0.717, 1.165) is 23.6 Å². The number of carbonyl (C=O) groups is 2. The van der Waals surface area contributed by atoms with E-state index in [1.54, 1.807) is 0 Å². The molecule has 0 spiro atoms. The lowest BCUT2D eigenvalue weighted by Crippen LogP contribution is -2.42. The summed E-state index contributed by atoms with van der Waals surface area (Å²) in [5.74, 6) is -1.18. The third-order valence-electron chi connectivity index (χ3n) is 5.62. The Morgan fingerprint density at radius 2 is 1.81 bits per heavy atom. The second-order valence-corrected chi connectivity index (χ2v) is 10.0. The molecule has 0 unspecified atom stereocenters. The van der Waals surface area contributed by atoms with Crippen molar-refractivity contribution in [3.63, 3.8) is 0 Å². The van der Waals surface area contributed by atoms with Gasteiger partial charge in [0.2, 0.25) is 10.0 Å². The van der Waals surface area contributed by atoms with Gasteiger partial charge in [-0.3, -0.25) is 9.59 Å². The van der Waals surface area contributed by atoms with Crippen molar-refractivity contribution in [3.05, 3.63) is 58.6 Å². The average Bonchev–Trinajstić information content (AvgIpc) is 3.42. The zero-order chi connectivity index (χ0) is 22.0. The maximum Gasteiger partial charge on any atom is 0.324 e. The Morgan fingerprint density at radius 3 is 2.58 bits per heavy atom. The zero-order valence-electron chi connectivity index (χ0n) is 16.8. The molecule has 0 bridgehead atoms. The molecule has 0 aromatic heterocycles. The number of esters is 1. The van der Waals surface area contributed by atoms with Crippen LogP contribution in [-0.4, -0.2) is 43.8 Å². The van der Waals surface area contributed by atoms with Gasteiger partial charge in [-0.05, 0) is 79.6 Å². The van der Waals surface area contributed by atoms with Gasteiger partial charge in [0.05, 0.1) is 4.90 Å². The lowest BCUT2D eigenvalue weighted by atomic mass is 10.1. The van der Waals surface area contributed by atoms with Crippen molar-refractivity contribution >= 4 is 39.2 Å². The van der Waals surface area contributed by atoms with Gasteiger partial charge < -0.3 is 10.1 Å². The first-order chi connectivity index (χ1) is 14.8. The molecule has 2 aliphatic rings. The number of aryl methyl sites for hydroxylation is 2. The van der Waals surface area contributed by atoms with E-state index < -0.39 is 34.5 Å². The fourth-order valence-corrected chi connectivity index (χ4v) is 5.86. The highest BCUT2D eigenvalue weighted by atomic mass is 35.5. The number of benzene rings is 2. The quantitative estimate of drug-likeness (QED) is 0.665. The van der Waals surface area contributed by atoms with Crippen LogP contribution < -0.4 is 5.32 Å².